The Morgan fingerprint density at radius 2 is 2.16 bits per heavy atom. The van der Waals surface area contributed by atoms with E-state index < -0.39 is 15.1 Å². The van der Waals surface area contributed by atoms with Crippen LogP contribution in [0.3, 0.4) is 0 Å². The van der Waals surface area contributed by atoms with Crippen LogP contribution >= 0.6 is 0 Å². The van der Waals surface area contributed by atoms with Gasteiger partial charge in [-0.15, -0.1) is 5.10 Å². The largest absolute Gasteiger partial charge is 0.338 e. The van der Waals surface area contributed by atoms with Crippen LogP contribution in [-0.2, 0) is 9.84 Å². The van der Waals surface area contributed by atoms with Gasteiger partial charge in [0.25, 0.3) is 0 Å². The van der Waals surface area contributed by atoms with Crippen LogP contribution in [0, 0.1) is 0 Å². The first-order chi connectivity index (χ1) is 9.06. The third kappa shape index (κ3) is 2.46. The topological polar surface area (TPSA) is 105 Å². The first-order valence-electron chi connectivity index (χ1n) is 6.70. The molecule has 8 heteroatoms. The van der Waals surface area contributed by atoms with E-state index in [4.69, 9.17) is 5.73 Å². The maximum Gasteiger partial charge on any atom is 0.244 e. The molecule has 3 rings (SSSR count). The molecule has 19 heavy (non-hydrogen) atoms. The minimum Gasteiger partial charge on any atom is -0.338 e. The van der Waals surface area contributed by atoms with E-state index in [0.717, 1.165) is 32.4 Å². The van der Waals surface area contributed by atoms with Crippen LogP contribution < -0.4 is 10.6 Å². The summed E-state index contributed by atoms with van der Waals surface area (Å²) in [7, 11) is -3.07. The normalized spacial score (nSPS) is 30.7. The number of sulfone groups is 1. The Kier molecular flexibility index (Phi) is 3.22. The van der Waals surface area contributed by atoms with Gasteiger partial charge in [-0.05, 0) is 19.3 Å². The average molecular weight is 285 g/mol. The molecule has 2 aliphatic heterocycles. The van der Waals surface area contributed by atoms with E-state index in [1.54, 1.807) is 0 Å². The van der Waals surface area contributed by atoms with Crippen LogP contribution in [0.15, 0.2) is 0 Å². The summed E-state index contributed by atoms with van der Waals surface area (Å²) in [5.41, 5.74) is 5.85. The Morgan fingerprint density at radius 3 is 2.84 bits per heavy atom. The Labute approximate surface area is 112 Å². The first kappa shape index (κ1) is 12.9. The molecule has 0 saturated carbocycles. The lowest BCUT2D eigenvalue weighted by Crippen LogP contribution is -2.27. The molecule has 2 atom stereocenters. The van der Waals surface area contributed by atoms with Gasteiger partial charge in [-0.2, -0.15) is 4.98 Å². The molecule has 0 aromatic carbocycles. The Hall–Kier alpha value is -1.15. The maximum atomic E-state index is 12.0. The minimum atomic E-state index is -3.07. The van der Waals surface area contributed by atoms with E-state index in [2.05, 4.69) is 15.2 Å². The lowest BCUT2D eigenvalue weighted by atomic mass is 10.2. The number of aromatic nitrogens is 3. The second-order valence-electron chi connectivity index (χ2n) is 5.37. The van der Waals surface area contributed by atoms with Crippen molar-refractivity contribution in [2.45, 2.75) is 37.0 Å². The Morgan fingerprint density at radius 1 is 1.32 bits per heavy atom. The molecular weight excluding hydrogens is 266 g/mol. The van der Waals surface area contributed by atoms with Crippen LogP contribution in [0.2, 0.25) is 0 Å². The van der Waals surface area contributed by atoms with Crippen LogP contribution in [0.5, 0.6) is 0 Å². The zero-order chi connectivity index (χ0) is 13.5. The van der Waals surface area contributed by atoms with Crippen molar-refractivity contribution in [3.05, 3.63) is 5.82 Å². The Balaban J connectivity index is 1.81. The third-order valence-electron chi connectivity index (χ3n) is 3.88. The minimum absolute atomic E-state index is 0.153. The summed E-state index contributed by atoms with van der Waals surface area (Å²) in [6, 6.07) is 0.153. The SMILES string of the molecule is NC1CCN(c2n[nH]c(C3CCCCS3(=O)=O)n2)C1. The number of H-pyrrole nitrogens is 1. The number of nitrogens with one attached hydrogen (secondary N) is 1. The van der Waals surface area contributed by atoms with Gasteiger partial charge < -0.3 is 10.6 Å². The summed E-state index contributed by atoms with van der Waals surface area (Å²) < 4.78 is 24.1. The monoisotopic (exact) mass is 285 g/mol. The summed E-state index contributed by atoms with van der Waals surface area (Å²) in [5, 5.41) is 6.43. The van der Waals surface area contributed by atoms with E-state index in [-0.39, 0.29) is 11.8 Å². The van der Waals surface area contributed by atoms with Crippen LogP contribution in [0.1, 0.15) is 36.8 Å². The van der Waals surface area contributed by atoms with Gasteiger partial charge in [0.05, 0.1) is 5.75 Å². The predicted molar refractivity (Wildman–Crippen MR) is 71.6 cm³/mol. The molecule has 106 valence electrons. The summed E-state index contributed by atoms with van der Waals surface area (Å²) in [6.07, 6.45) is 3.23. The molecule has 3 heterocycles. The molecule has 0 spiro atoms. The third-order valence-corrected chi connectivity index (χ3v) is 6.07. The van der Waals surface area contributed by atoms with Crippen molar-refractivity contribution in [1.82, 2.24) is 15.2 Å². The highest BCUT2D eigenvalue weighted by molar-refractivity contribution is 7.91. The van der Waals surface area contributed by atoms with Crippen molar-refractivity contribution in [3.63, 3.8) is 0 Å². The summed E-state index contributed by atoms with van der Waals surface area (Å²) in [5.74, 6) is 1.31. The molecule has 2 fully saturated rings. The highest BCUT2D eigenvalue weighted by Gasteiger charge is 2.33. The van der Waals surface area contributed by atoms with Gasteiger partial charge in [0.1, 0.15) is 11.1 Å². The van der Waals surface area contributed by atoms with Crippen LogP contribution in [-0.4, -0.2) is 48.5 Å². The average Bonchev–Trinajstić information content (AvgIpc) is 2.97. The van der Waals surface area contributed by atoms with Crippen LogP contribution in [0.25, 0.3) is 0 Å². The van der Waals surface area contributed by atoms with Gasteiger partial charge in [-0.1, -0.05) is 6.42 Å². The number of hydrogen-bond donors (Lipinski definition) is 2. The van der Waals surface area contributed by atoms with Gasteiger partial charge in [-0.25, -0.2) is 8.42 Å². The molecule has 1 aromatic heterocycles. The number of aromatic amines is 1. The van der Waals surface area contributed by atoms with E-state index in [1.807, 2.05) is 4.90 Å². The van der Waals surface area contributed by atoms with E-state index >= 15 is 0 Å². The van der Waals surface area contributed by atoms with Crippen molar-refractivity contribution in [2.24, 2.45) is 5.73 Å². The van der Waals surface area contributed by atoms with E-state index in [1.165, 1.54) is 0 Å². The van der Waals surface area contributed by atoms with Crippen molar-refractivity contribution in [1.29, 1.82) is 0 Å². The number of rotatable bonds is 2. The molecule has 2 saturated heterocycles. The molecule has 0 bridgehead atoms. The number of anilines is 1. The summed E-state index contributed by atoms with van der Waals surface area (Å²) >= 11 is 0. The summed E-state index contributed by atoms with van der Waals surface area (Å²) in [4.78, 5) is 6.37. The number of hydrogen-bond acceptors (Lipinski definition) is 6. The van der Waals surface area contributed by atoms with Gasteiger partial charge >= 0.3 is 0 Å². The highest BCUT2D eigenvalue weighted by Crippen LogP contribution is 2.32. The summed E-state index contributed by atoms with van der Waals surface area (Å²) in [6.45, 7) is 1.56. The second kappa shape index (κ2) is 4.75. The Bertz CT molecular complexity index is 555. The fourth-order valence-electron chi connectivity index (χ4n) is 2.78. The molecule has 0 amide bonds. The fraction of sp³-hybridized carbons (Fsp3) is 0.818. The molecule has 3 N–H and O–H groups in total. The van der Waals surface area contributed by atoms with E-state index in [9.17, 15) is 8.42 Å². The number of nitrogens with two attached hydrogens (primary N) is 1. The highest BCUT2D eigenvalue weighted by atomic mass is 32.2. The molecule has 7 nitrogen and oxygen atoms in total. The number of nitrogens with zero attached hydrogens (tertiary/aromatic N) is 3. The first-order valence-corrected chi connectivity index (χ1v) is 8.42. The van der Waals surface area contributed by atoms with Crippen molar-refractivity contribution in [3.8, 4) is 0 Å². The zero-order valence-electron chi connectivity index (χ0n) is 10.7. The standard InChI is InChI=1S/C11H19N5O2S/c12-8-4-5-16(7-8)11-13-10(14-15-11)9-3-1-2-6-19(9,17)18/h8-9H,1-7,12H2,(H,13,14,15). The fourth-order valence-corrected chi connectivity index (χ4v) is 4.64. The van der Waals surface area contributed by atoms with Crippen molar-refractivity contribution >= 4 is 15.8 Å². The van der Waals surface area contributed by atoms with Crippen molar-refractivity contribution < 1.29 is 8.42 Å². The van der Waals surface area contributed by atoms with Crippen molar-refractivity contribution in [2.75, 3.05) is 23.7 Å². The van der Waals surface area contributed by atoms with Gasteiger partial charge in [-0.3, -0.25) is 5.10 Å². The molecule has 1 aromatic rings. The smallest absolute Gasteiger partial charge is 0.244 e. The van der Waals surface area contributed by atoms with Gasteiger partial charge in [0.2, 0.25) is 5.95 Å². The van der Waals surface area contributed by atoms with Crippen LogP contribution in [0.4, 0.5) is 5.95 Å². The lowest BCUT2D eigenvalue weighted by molar-refractivity contribution is 0.539. The molecule has 0 radical (unpaired) electrons. The van der Waals surface area contributed by atoms with Gasteiger partial charge in [0.15, 0.2) is 9.84 Å². The second-order valence-corrected chi connectivity index (χ2v) is 7.67. The van der Waals surface area contributed by atoms with E-state index in [0.29, 0.717) is 18.2 Å². The predicted octanol–water partition coefficient (Wildman–Crippen LogP) is -0.0181. The molecule has 2 unspecified atom stereocenters. The molecule has 0 aliphatic carbocycles. The molecule has 2 aliphatic rings. The van der Waals surface area contributed by atoms with Gasteiger partial charge in [0, 0.05) is 19.1 Å². The lowest BCUT2D eigenvalue weighted by Gasteiger charge is -2.19. The molecular formula is C11H19N5O2S. The quantitative estimate of drug-likeness (QED) is 0.791. The maximum absolute atomic E-state index is 12.0. The zero-order valence-corrected chi connectivity index (χ0v) is 11.6.